The molecule has 11 heavy (non-hydrogen) atoms. The lowest BCUT2D eigenvalue weighted by Crippen LogP contribution is -2.27. The van der Waals surface area contributed by atoms with E-state index in [2.05, 4.69) is 0 Å². The number of nitrogens with two attached hydrogens (primary N) is 1. The number of carbonyl (C=O) groups is 1. The smallest absolute Gasteiger partial charge is 0.220 e. The molecule has 0 radical (unpaired) electrons. The monoisotopic (exact) mass is 175 g/mol. The highest BCUT2D eigenvalue weighted by molar-refractivity contribution is 7.63. The summed E-state index contributed by atoms with van der Waals surface area (Å²) in [6.45, 7) is 1.81. The van der Waals surface area contributed by atoms with Crippen LogP contribution >= 0.6 is 7.14 Å². The van der Waals surface area contributed by atoms with Gasteiger partial charge in [-0.1, -0.05) is 0 Å². The van der Waals surface area contributed by atoms with Gasteiger partial charge in [0.25, 0.3) is 0 Å². The lowest BCUT2D eigenvalue weighted by molar-refractivity contribution is -0.122. The number of carbonyl (C=O) groups excluding carboxylic acids is 1. The van der Waals surface area contributed by atoms with Crippen molar-refractivity contribution in [2.75, 3.05) is 19.0 Å². The van der Waals surface area contributed by atoms with Gasteiger partial charge in [-0.2, -0.15) is 0 Å². The number of hydrogen-bond donors (Lipinski definition) is 1. The number of amides is 1. The van der Waals surface area contributed by atoms with E-state index in [-0.39, 0.29) is 11.8 Å². The van der Waals surface area contributed by atoms with Crippen molar-refractivity contribution < 1.29 is 9.36 Å². The molecule has 1 rings (SSSR count). The van der Waals surface area contributed by atoms with Crippen LogP contribution in [-0.2, 0) is 9.36 Å². The Morgan fingerprint density at radius 3 is 2.27 bits per heavy atom. The molecule has 0 unspecified atom stereocenters. The first kappa shape index (κ1) is 8.79. The third-order valence-electron chi connectivity index (χ3n) is 2.30. The number of primary amides is 1. The van der Waals surface area contributed by atoms with Crippen LogP contribution in [0.25, 0.3) is 0 Å². The van der Waals surface area contributed by atoms with Gasteiger partial charge in [-0.15, -0.1) is 0 Å². The zero-order chi connectivity index (χ0) is 8.48. The van der Waals surface area contributed by atoms with Gasteiger partial charge in [-0.25, -0.2) is 0 Å². The molecule has 1 aliphatic heterocycles. The summed E-state index contributed by atoms with van der Waals surface area (Å²) in [5.74, 6) is -0.248. The van der Waals surface area contributed by atoms with E-state index in [1.165, 1.54) is 0 Å². The van der Waals surface area contributed by atoms with E-state index >= 15 is 0 Å². The molecular weight excluding hydrogens is 161 g/mol. The standard InChI is InChI=1S/C7H14NO2P/c1-11(10)4-2-6(3-5-11)7(8)9/h6H,2-5H2,1H3,(H2,8,9). The second-order valence-electron chi connectivity index (χ2n) is 3.42. The molecule has 0 aromatic heterocycles. The lowest BCUT2D eigenvalue weighted by atomic mass is 10.0. The SMILES string of the molecule is CP1(=O)CCC(C(N)=O)CC1. The number of hydrogen-bond acceptors (Lipinski definition) is 2. The summed E-state index contributed by atoms with van der Waals surface area (Å²) in [6.07, 6.45) is 2.84. The van der Waals surface area contributed by atoms with Crippen LogP contribution in [0.4, 0.5) is 0 Å². The lowest BCUT2D eigenvalue weighted by Gasteiger charge is -2.23. The van der Waals surface area contributed by atoms with Crippen molar-refractivity contribution in [2.24, 2.45) is 11.7 Å². The molecule has 3 nitrogen and oxygen atoms in total. The van der Waals surface area contributed by atoms with E-state index in [1.54, 1.807) is 0 Å². The van der Waals surface area contributed by atoms with E-state index in [0.29, 0.717) is 12.3 Å². The largest absolute Gasteiger partial charge is 0.369 e. The fourth-order valence-corrected chi connectivity index (χ4v) is 3.34. The van der Waals surface area contributed by atoms with Crippen molar-refractivity contribution in [3.05, 3.63) is 0 Å². The first-order valence-corrected chi connectivity index (χ1v) is 6.38. The normalized spacial score (nSPS) is 38.5. The maximum atomic E-state index is 11.4. The summed E-state index contributed by atoms with van der Waals surface area (Å²) >= 11 is 0. The molecule has 0 aliphatic carbocycles. The van der Waals surface area contributed by atoms with Crippen LogP contribution in [0.2, 0.25) is 0 Å². The maximum absolute atomic E-state index is 11.4. The second-order valence-corrected chi connectivity index (χ2v) is 6.91. The van der Waals surface area contributed by atoms with Crippen molar-refractivity contribution in [2.45, 2.75) is 12.8 Å². The topological polar surface area (TPSA) is 60.2 Å². The molecule has 0 atom stereocenters. The van der Waals surface area contributed by atoms with Gasteiger partial charge < -0.3 is 10.3 Å². The summed E-state index contributed by atoms with van der Waals surface area (Å²) < 4.78 is 11.4. The van der Waals surface area contributed by atoms with Crippen molar-refractivity contribution >= 4 is 13.0 Å². The zero-order valence-electron chi connectivity index (χ0n) is 6.75. The van der Waals surface area contributed by atoms with Gasteiger partial charge in [0.15, 0.2) is 0 Å². The highest BCUT2D eigenvalue weighted by Gasteiger charge is 2.28. The molecule has 0 bridgehead atoms. The molecule has 0 aromatic rings. The summed E-state index contributed by atoms with van der Waals surface area (Å²) in [5.41, 5.74) is 5.13. The summed E-state index contributed by atoms with van der Waals surface area (Å²) in [4.78, 5) is 10.7. The predicted molar refractivity (Wildman–Crippen MR) is 45.2 cm³/mol. The van der Waals surface area contributed by atoms with Crippen LogP contribution in [0, 0.1) is 5.92 Å². The Hall–Kier alpha value is -0.300. The van der Waals surface area contributed by atoms with E-state index in [4.69, 9.17) is 5.73 Å². The van der Waals surface area contributed by atoms with Gasteiger partial charge in [0, 0.05) is 18.2 Å². The Kier molecular flexibility index (Phi) is 2.38. The van der Waals surface area contributed by atoms with Gasteiger partial charge in [-0.3, -0.25) is 4.79 Å². The van der Waals surface area contributed by atoms with Crippen molar-refractivity contribution in [1.29, 1.82) is 0 Å². The predicted octanol–water partition coefficient (Wildman–Crippen LogP) is 0.875. The summed E-state index contributed by atoms with van der Waals surface area (Å²) in [6, 6.07) is 0. The minimum atomic E-state index is -1.87. The highest BCUT2D eigenvalue weighted by atomic mass is 31.2. The van der Waals surface area contributed by atoms with Crippen LogP contribution in [0.1, 0.15) is 12.8 Å². The van der Waals surface area contributed by atoms with E-state index in [0.717, 1.165) is 12.8 Å². The average molecular weight is 175 g/mol. The molecule has 64 valence electrons. The van der Waals surface area contributed by atoms with Crippen LogP contribution in [0.3, 0.4) is 0 Å². The number of rotatable bonds is 1. The molecule has 0 spiro atoms. The fourth-order valence-electron chi connectivity index (χ4n) is 1.40. The molecule has 1 aliphatic rings. The Labute approximate surface area is 66.7 Å². The molecule has 2 N–H and O–H groups in total. The fraction of sp³-hybridized carbons (Fsp3) is 0.857. The molecule has 1 saturated heterocycles. The van der Waals surface area contributed by atoms with Gasteiger partial charge in [0.1, 0.15) is 0 Å². The third kappa shape index (κ3) is 2.33. The molecule has 0 aromatic carbocycles. The Balaban J connectivity index is 2.49. The van der Waals surface area contributed by atoms with Crippen LogP contribution in [0.5, 0.6) is 0 Å². The second kappa shape index (κ2) is 2.98. The Morgan fingerprint density at radius 2 is 1.91 bits per heavy atom. The summed E-state index contributed by atoms with van der Waals surface area (Å²) in [7, 11) is -1.87. The average Bonchev–Trinajstić information content (AvgIpc) is 1.86. The van der Waals surface area contributed by atoms with E-state index in [9.17, 15) is 9.36 Å². The van der Waals surface area contributed by atoms with Crippen molar-refractivity contribution in [1.82, 2.24) is 0 Å². The van der Waals surface area contributed by atoms with Crippen LogP contribution < -0.4 is 5.73 Å². The third-order valence-corrected chi connectivity index (χ3v) is 4.71. The van der Waals surface area contributed by atoms with Gasteiger partial charge in [-0.05, 0) is 19.5 Å². The van der Waals surface area contributed by atoms with Gasteiger partial charge in [0.2, 0.25) is 5.91 Å². The van der Waals surface area contributed by atoms with Crippen molar-refractivity contribution in [3.8, 4) is 0 Å². The molecule has 0 saturated carbocycles. The maximum Gasteiger partial charge on any atom is 0.220 e. The molecular formula is C7H14NO2P. The van der Waals surface area contributed by atoms with Gasteiger partial charge in [0.05, 0.1) is 7.14 Å². The minimum absolute atomic E-state index is 0.0166. The van der Waals surface area contributed by atoms with E-state index < -0.39 is 7.14 Å². The minimum Gasteiger partial charge on any atom is -0.369 e. The Bertz CT molecular complexity index is 202. The quantitative estimate of drug-likeness (QED) is 0.601. The Morgan fingerprint density at radius 1 is 1.45 bits per heavy atom. The molecule has 1 heterocycles. The summed E-state index contributed by atoms with van der Waals surface area (Å²) in [5, 5.41) is 0. The van der Waals surface area contributed by atoms with Crippen molar-refractivity contribution in [3.63, 3.8) is 0 Å². The van der Waals surface area contributed by atoms with E-state index in [1.807, 2.05) is 6.66 Å². The zero-order valence-corrected chi connectivity index (χ0v) is 7.64. The first-order chi connectivity index (χ1) is 5.01. The molecule has 1 amide bonds. The highest BCUT2D eigenvalue weighted by Crippen LogP contribution is 2.47. The molecule has 1 fully saturated rings. The first-order valence-electron chi connectivity index (χ1n) is 3.86. The van der Waals surface area contributed by atoms with Gasteiger partial charge >= 0.3 is 0 Å². The molecule has 4 heteroatoms. The van der Waals surface area contributed by atoms with Crippen LogP contribution in [0.15, 0.2) is 0 Å². The van der Waals surface area contributed by atoms with Crippen LogP contribution in [-0.4, -0.2) is 24.9 Å².